The highest BCUT2D eigenvalue weighted by molar-refractivity contribution is 5.45. The highest BCUT2D eigenvalue weighted by atomic mass is 16.3. The molecule has 2 aromatic rings. The summed E-state index contributed by atoms with van der Waals surface area (Å²) in [5.41, 5.74) is 2.11. The molecule has 4 heteroatoms. The van der Waals surface area contributed by atoms with Crippen molar-refractivity contribution in [2.24, 2.45) is 0 Å². The number of rotatable bonds is 4. The zero-order valence-electron chi connectivity index (χ0n) is 11.5. The molecule has 0 amide bonds. The number of aromatic nitrogens is 2. The summed E-state index contributed by atoms with van der Waals surface area (Å²) < 4.78 is 0. The van der Waals surface area contributed by atoms with Gasteiger partial charge in [-0.05, 0) is 26.3 Å². The Labute approximate surface area is 113 Å². The summed E-state index contributed by atoms with van der Waals surface area (Å²) in [5, 5.41) is 13.1. The van der Waals surface area contributed by atoms with E-state index in [1.165, 1.54) is 0 Å². The van der Waals surface area contributed by atoms with Crippen molar-refractivity contribution in [1.82, 2.24) is 9.97 Å². The quantitative estimate of drug-likeness (QED) is 0.883. The van der Waals surface area contributed by atoms with Crippen molar-refractivity contribution in [2.75, 3.05) is 11.9 Å². The van der Waals surface area contributed by atoms with Gasteiger partial charge in [0.05, 0.1) is 23.5 Å². The highest BCUT2D eigenvalue weighted by Gasteiger charge is 2.26. The molecule has 1 aromatic carbocycles. The van der Waals surface area contributed by atoms with Gasteiger partial charge in [0.15, 0.2) is 0 Å². The molecule has 0 bridgehead atoms. The van der Waals surface area contributed by atoms with E-state index in [4.69, 9.17) is 0 Å². The molecule has 0 aliphatic heterocycles. The fourth-order valence-corrected chi connectivity index (χ4v) is 1.93. The second-order valence-corrected chi connectivity index (χ2v) is 4.93. The predicted octanol–water partition coefficient (Wildman–Crippen LogP) is 2.41. The minimum atomic E-state index is -0.575. The Bertz CT molecular complexity index is 557. The Kier molecular flexibility index (Phi) is 3.81. The fourth-order valence-electron chi connectivity index (χ4n) is 1.93. The van der Waals surface area contributed by atoms with Crippen molar-refractivity contribution in [3.8, 4) is 0 Å². The van der Waals surface area contributed by atoms with Crippen LogP contribution >= 0.6 is 0 Å². The average molecular weight is 257 g/mol. The SMILES string of the molecule is Cc1cnc(C)c(NC(C)(CO)c2ccccc2)n1. The summed E-state index contributed by atoms with van der Waals surface area (Å²) in [5.74, 6) is 0.709. The minimum Gasteiger partial charge on any atom is -0.394 e. The lowest BCUT2D eigenvalue weighted by Gasteiger charge is -2.30. The van der Waals surface area contributed by atoms with Gasteiger partial charge in [0.2, 0.25) is 0 Å². The van der Waals surface area contributed by atoms with Crippen LogP contribution in [0.15, 0.2) is 36.5 Å². The number of benzene rings is 1. The summed E-state index contributed by atoms with van der Waals surface area (Å²) in [6.45, 7) is 5.73. The lowest BCUT2D eigenvalue weighted by molar-refractivity contribution is 0.223. The topological polar surface area (TPSA) is 58.0 Å². The van der Waals surface area contributed by atoms with Gasteiger partial charge in [-0.25, -0.2) is 4.98 Å². The first kappa shape index (κ1) is 13.5. The van der Waals surface area contributed by atoms with Gasteiger partial charge in [-0.2, -0.15) is 0 Å². The van der Waals surface area contributed by atoms with Crippen molar-refractivity contribution >= 4 is 5.82 Å². The van der Waals surface area contributed by atoms with Gasteiger partial charge < -0.3 is 10.4 Å². The molecule has 1 aromatic heterocycles. The molecule has 4 nitrogen and oxygen atoms in total. The lowest BCUT2D eigenvalue weighted by Crippen LogP contribution is -2.36. The number of aryl methyl sites for hydroxylation is 2. The highest BCUT2D eigenvalue weighted by Crippen LogP contribution is 2.25. The summed E-state index contributed by atoms with van der Waals surface area (Å²) >= 11 is 0. The summed E-state index contributed by atoms with van der Waals surface area (Å²) in [6, 6.07) is 9.85. The monoisotopic (exact) mass is 257 g/mol. The Balaban J connectivity index is 2.36. The van der Waals surface area contributed by atoms with Gasteiger partial charge in [-0.1, -0.05) is 30.3 Å². The van der Waals surface area contributed by atoms with E-state index in [0.717, 1.165) is 17.0 Å². The van der Waals surface area contributed by atoms with E-state index in [1.54, 1.807) is 6.20 Å². The fraction of sp³-hybridized carbons (Fsp3) is 0.333. The second kappa shape index (κ2) is 5.36. The predicted molar refractivity (Wildman–Crippen MR) is 76.0 cm³/mol. The number of anilines is 1. The number of nitrogens with one attached hydrogen (secondary N) is 1. The molecular formula is C15H19N3O. The summed E-state index contributed by atoms with van der Waals surface area (Å²) in [7, 11) is 0. The molecule has 19 heavy (non-hydrogen) atoms. The molecular weight excluding hydrogens is 238 g/mol. The van der Waals surface area contributed by atoms with Gasteiger partial charge in [0, 0.05) is 6.20 Å². The molecule has 0 fully saturated rings. The van der Waals surface area contributed by atoms with E-state index in [2.05, 4.69) is 15.3 Å². The molecule has 100 valence electrons. The molecule has 1 heterocycles. The van der Waals surface area contributed by atoms with E-state index in [-0.39, 0.29) is 6.61 Å². The molecule has 0 aliphatic rings. The van der Waals surface area contributed by atoms with E-state index in [0.29, 0.717) is 5.82 Å². The maximum absolute atomic E-state index is 9.75. The number of nitrogens with zero attached hydrogens (tertiary/aromatic N) is 2. The molecule has 2 N–H and O–H groups in total. The normalized spacial score (nSPS) is 13.9. The van der Waals surface area contributed by atoms with E-state index >= 15 is 0 Å². The third kappa shape index (κ3) is 2.90. The maximum atomic E-state index is 9.75. The molecule has 0 aliphatic carbocycles. The number of hydrogen-bond acceptors (Lipinski definition) is 4. The molecule has 0 radical (unpaired) electrons. The number of aliphatic hydroxyl groups is 1. The van der Waals surface area contributed by atoms with Crippen LogP contribution in [0.25, 0.3) is 0 Å². The van der Waals surface area contributed by atoms with Crippen LogP contribution in [0.5, 0.6) is 0 Å². The molecule has 0 saturated carbocycles. The van der Waals surface area contributed by atoms with Crippen LogP contribution in [0.3, 0.4) is 0 Å². The maximum Gasteiger partial charge on any atom is 0.148 e. The van der Waals surface area contributed by atoms with Crippen LogP contribution in [-0.4, -0.2) is 21.7 Å². The number of aliphatic hydroxyl groups excluding tert-OH is 1. The van der Waals surface area contributed by atoms with Crippen LogP contribution in [0.2, 0.25) is 0 Å². The lowest BCUT2D eigenvalue weighted by atomic mass is 9.93. The largest absolute Gasteiger partial charge is 0.394 e. The van der Waals surface area contributed by atoms with Gasteiger partial charge in [0.1, 0.15) is 5.82 Å². The Hall–Kier alpha value is -1.94. The molecule has 1 unspecified atom stereocenters. The van der Waals surface area contributed by atoms with E-state index in [9.17, 15) is 5.11 Å². The zero-order chi connectivity index (χ0) is 13.9. The number of hydrogen-bond donors (Lipinski definition) is 2. The van der Waals surface area contributed by atoms with Crippen LogP contribution in [0, 0.1) is 13.8 Å². The zero-order valence-corrected chi connectivity index (χ0v) is 11.5. The van der Waals surface area contributed by atoms with Gasteiger partial charge in [-0.3, -0.25) is 4.98 Å². The standard InChI is InChI=1S/C15H19N3O/c1-11-9-16-12(2)14(17-11)18-15(3,10-19)13-7-5-4-6-8-13/h4-9,19H,10H2,1-3H3,(H,17,18). The Morgan fingerprint density at radius 2 is 1.89 bits per heavy atom. The van der Waals surface area contributed by atoms with E-state index in [1.807, 2.05) is 51.1 Å². The first-order valence-electron chi connectivity index (χ1n) is 6.30. The Morgan fingerprint density at radius 1 is 1.21 bits per heavy atom. The van der Waals surface area contributed by atoms with Crippen LogP contribution < -0.4 is 5.32 Å². The van der Waals surface area contributed by atoms with Crippen molar-refractivity contribution in [3.05, 3.63) is 53.5 Å². The molecule has 2 rings (SSSR count). The second-order valence-electron chi connectivity index (χ2n) is 4.93. The van der Waals surface area contributed by atoms with Crippen molar-refractivity contribution < 1.29 is 5.11 Å². The third-order valence-electron chi connectivity index (χ3n) is 3.20. The first-order chi connectivity index (χ1) is 9.05. The smallest absolute Gasteiger partial charge is 0.148 e. The van der Waals surface area contributed by atoms with Gasteiger partial charge in [0.25, 0.3) is 0 Å². The molecule has 1 atom stereocenters. The first-order valence-corrected chi connectivity index (χ1v) is 6.30. The minimum absolute atomic E-state index is 0.0218. The van der Waals surface area contributed by atoms with Crippen LogP contribution in [-0.2, 0) is 5.54 Å². The summed E-state index contributed by atoms with van der Waals surface area (Å²) in [4.78, 5) is 8.73. The molecule has 0 spiro atoms. The summed E-state index contributed by atoms with van der Waals surface area (Å²) in [6.07, 6.45) is 1.74. The average Bonchev–Trinajstić information content (AvgIpc) is 2.44. The molecule has 0 saturated heterocycles. The van der Waals surface area contributed by atoms with Gasteiger partial charge in [-0.15, -0.1) is 0 Å². The van der Waals surface area contributed by atoms with Crippen molar-refractivity contribution in [1.29, 1.82) is 0 Å². The van der Waals surface area contributed by atoms with E-state index < -0.39 is 5.54 Å². The third-order valence-corrected chi connectivity index (χ3v) is 3.20. The van der Waals surface area contributed by atoms with Crippen LogP contribution in [0.1, 0.15) is 23.9 Å². The Morgan fingerprint density at radius 3 is 2.53 bits per heavy atom. The van der Waals surface area contributed by atoms with Crippen molar-refractivity contribution in [2.45, 2.75) is 26.3 Å². The van der Waals surface area contributed by atoms with Crippen LogP contribution in [0.4, 0.5) is 5.82 Å². The van der Waals surface area contributed by atoms with Crippen molar-refractivity contribution in [3.63, 3.8) is 0 Å². The van der Waals surface area contributed by atoms with Gasteiger partial charge >= 0.3 is 0 Å².